The Labute approximate surface area is 132 Å². The molecule has 0 spiro atoms. The van der Waals surface area contributed by atoms with E-state index in [0.29, 0.717) is 5.69 Å². The Kier molecular flexibility index (Phi) is 5.05. The van der Waals surface area contributed by atoms with Gasteiger partial charge in [0.05, 0.1) is 0 Å². The summed E-state index contributed by atoms with van der Waals surface area (Å²) in [6.07, 6.45) is -0.425. The molecule has 23 heavy (non-hydrogen) atoms. The second kappa shape index (κ2) is 7.00. The van der Waals surface area contributed by atoms with Gasteiger partial charge in [-0.15, -0.1) is 0 Å². The van der Waals surface area contributed by atoms with Crippen LogP contribution in [0.4, 0.5) is 20.2 Å². The van der Waals surface area contributed by atoms with Gasteiger partial charge in [0.1, 0.15) is 6.42 Å². The van der Waals surface area contributed by atoms with Crippen molar-refractivity contribution < 1.29 is 18.4 Å². The summed E-state index contributed by atoms with van der Waals surface area (Å²) in [5.41, 5.74) is 2.81. The summed E-state index contributed by atoms with van der Waals surface area (Å²) >= 11 is 0. The van der Waals surface area contributed by atoms with Gasteiger partial charge in [-0.05, 0) is 49.2 Å². The maximum atomic E-state index is 13.0. The number of amides is 2. The van der Waals surface area contributed by atoms with Crippen molar-refractivity contribution in [2.24, 2.45) is 0 Å². The number of hydrogen-bond donors (Lipinski definition) is 2. The molecule has 0 aliphatic heterocycles. The number of hydrogen-bond acceptors (Lipinski definition) is 2. The molecule has 2 rings (SSSR count). The van der Waals surface area contributed by atoms with E-state index in [-0.39, 0.29) is 5.69 Å². The van der Waals surface area contributed by atoms with Crippen molar-refractivity contribution in [1.29, 1.82) is 0 Å². The van der Waals surface area contributed by atoms with Crippen molar-refractivity contribution in [2.75, 3.05) is 10.6 Å². The third kappa shape index (κ3) is 4.60. The van der Waals surface area contributed by atoms with Crippen LogP contribution in [0.3, 0.4) is 0 Å². The standard InChI is InChI=1S/C17H16F2N2O2/c1-10-3-4-12(7-11(10)2)20-16(22)9-17(23)21-13-5-6-14(18)15(19)8-13/h3-8H,9H2,1-2H3,(H,20,22)(H,21,23). The molecule has 6 heteroatoms. The topological polar surface area (TPSA) is 58.2 Å². The van der Waals surface area contributed by atoms with Crippen LogP contribution in [-0.2, 0) is 9.59 Å². The molecule has 0 bridgehead atoms. The minimum absolute atomic E-state index is 0.0906. The fraction of sp³-hybridized carbons (Fsp3) is 0.176. The second-order valence-corrected chi connectivity index (χ2v) is 5.20. The monoisotopic (exact) mass is 318 g/mol. The number of rotatable bonds is 4. The van der Waals surface area contributed by atoms with Crippen molar-refractivity contribution >= 4 is 23.2 Å². The largest absolute Gasteiger partial charge is 0.326 e. The lowest BCUT2D eigenvalue weighted by molar-refractivity contribution is -0.123. The normalized spacial score (nSPS) is 10.3. The van der Waals surface area contributed by atoms with Gasteiger partial charge in [-0.3, -0.25) is 9.59 Å². The molecule has 0 saturated heterocycles. The number of aryl methyl sites for hydroxylation is 2. The fourth-order valence-electron chi connectivity index (χ4n) is 1.95. The molecule has 2 amide bonds. The highest BCUT2D eigenvalue weighted by molar-refractivity contribution is 6.08. The van der Waals surface area contributed by atoms with Crippen LogP contribution in [0.1, 0.15) is 17.5 Å². The van der Waals surface area contributed by atoms with Crippen molar-refractivity contribution in [1.82, 2.24) is 0 Å². The van der Waals surface area contributed by atoms with Gasteiger partial charge in [0.15, 0.2) is 11.6 Å². The predicted molar refractivity (Wildman–Crippen MR) is 84.2 cm³/mol. The van der Waals surface area contributed by atoms with Gasteiger partial charge in [-0.25, -0.2) is 8.78 Å². The molecule has 0 aliphatic carbocycles. The number of halogens is 2. The number of carbonyl (C=O) groups excluding carboxylic acids is 2. The highest BCUT2D eigenvalue weighted by Gasteiger charge is 2.11. The third-order valence-corrected chi connectivity index (χ3v) is 3.32. The lowest BCUT2D eigenvalue weighted by Gasteiger charge is -2.08. The van der Waals surface area contributed by atoms with Gasteiger partial charge in [0.25, 0.3) is 0 Å². The summed E-state index contributed by atoms with van der Waals surface area (Å²) in [5, 5.41) is 4.95. The quantitative estimate of drug-likeness (QED) is 0.847. The smallest absolute Gasteiger partial charge is 0.233 e. The summed E-state index contributed by atoms with van der Waals surface area (Å²) in [5.74, 6) is -3.18. The fourth-order valence-corrected chi connectivity index (χ4v) is 1.95. The molecule has 0 fully saturated rings. The zero-order valence-electron chi connectivity index (χ0n) is 12.7. The van der Waals surface area contributed by atoms with Gasteiger partial charge < -0.3 is 10.6 Å². The molecule has 2 aromatic rings. The molecule has 4 nitrogen and oxygen atoms in total. The van der Waals surface area contributed by atoms with Gasteiger partial charge >= 0.3 is 0 Å². The Bertz CT molecular complexity index is 697. The second-order valence-electron chi connectivity index (χ2n) is 5.20. The number of nitrogens with one attached hydrogen (secondary N) is 2. The van der Waals surface area contributed by atoms with Crippen LogP contribution in [0.15, 0.2) is 36.4 Å². The van der Waals surface area contributed by atoms with E-state index in [1.165, 1.54) is 6.07 Å². The minimum atomic E-state index is -1.07. The number of benzene rings is 2. The zero-order valence-corrected chi connectivity index (χ0v) is 12.7. The molecule has 0 aromatic heterocycles. The summed E-state index contributed by atoms with van der Waals surface area (Å²) in [6, 6.07) is 8.40. The summed E-state index contributed by atoms with van der Waals surface area (Å²) in [7, 11) is 0. The van der Waals surface area contributed by atoms with Crippen LogP contribution < -0.4 is 10.6 Å². The van der Waals surface area contributed by atoms with Crippen LogP contribution in [-0.4, -0.2) is 11.8 Å². The van der Waals surface area contributed by atoms with Crippen LogP contribution in [0.5, 0.6) is 0 Å². The van der Waals surface area contributed by atoms with Crippen molar-refractivity contribution in [2.45, 2.75) is 20.3 Å². The molecule has 0 unspecified atom stereocenters. The first-order valence-electron chi connectivity index (χ1n) is 6.97. The van der Waals surface area contributed by atoms with Crippen LogP contribution in [0.25, 0.3) is 0 Å². The lowest BCUT2D eigenvalue weighted by atomic mass is 10.1. The minimum Gasteiger partial charge on any atom is -0.326 e. The van der Waals surface area contributed by atoms with E-state index in [9.17, 15) is 18.4 Å². The van der Waals surface area contributed by atoms with E-state index in [1.54, 1.807) is 12.1 Å². The van der Waals surface area contributed by atoms with Crippen LogP contribution in [0.2, 0.25) is 0 Å². The Morgan fingerprint density at radius 1 is 0.826 bits per heavy atom. The van der Waals surface area contributed by atoms with E-state index < -0.39 is 29.9 Å². The van der Waals surface area contributed by atoms with E-state index in [2.05, 4.69) is 10.6 Å². The zero-order chi connectivity index (χ0) is 17.0. The van der Waals surface area contributed by atoms with E-state index in [1.807, 2.05) is 19.9 Å². The first kappa shape index (κ1) is 16.6. The summed E-state index contributed by atoms with van der Waals surface area (Å²) in [4.78, 5) is 23.6. The average Bonchev–Trinajstić information content (AvgIpc) is 2.46. The highest BCUT2D eigenvalue weighted by atomic mass is 19.2. The SMILES string of the molecule is Cc1ccc(NC(=O)CC(=O)Nc2ccc(F)c(F)c2)cc1C. The Morgan fingerprint density at radius 3 is 1.96 bits per heavy atom. The van der Waals surface area contributed by atoms with Crippen molar-refractivity contribution in [3.63, 3.8) is 0 Å². The molecule has 0 aliphatic rings. The van der Waals surface area contributed by atoms with Gasteiger partial charge in [0.2, 0.25) is 11.8 Å². The maximum Gasteiger partial charge on any atom is 0.233 e. The molecule has 0 radical (unpaired) electrons. The van der Waals surface area contributed by atoms with Gasteiger partial charge in [-0.1, -0.05) is 6.07 Å². The average molecular weight is 318 g/mol. The Morgan fingerprint density at radius 2 is 1.39 bits per heavy atom. The predicted octanol–water partition coefficient (Wildman–Crippen LogP) is 3.55. The van der Waals surface area contributed by atoms with Crippen LogP contribution >= 0.6 is 0 Å². The van der Waals surface area contributed by atoms with Crippen LogP contribution in [0, 0.1) is 25.5 Å². The molecule has 120 valence electrons. The lowest BCUT2D eigenvalue weighted by Crippen LogP contribution is -2.21. The molecule has 2 aromatic carbocycles. The molecule has 0 saturated carbocycles. The number of carbonyl (C=O) groups is 2. The molecule has 2 N–H and O–H groups in total. The first-order chi connectivity index (χ1) is 10.8. The molecular formula is C17H16F2N2O2. The Balaban J connectivity index is 1.92. The first-order valence-corrected chi connectivity index (χ1v) is 6.97. The van der Waals surface area contributed by atoms with E-state index in [4.69, 9.17) is 0 Å². The summed E-state index contributed by atoms with van der Waals surface area (Å²) < 4.78 is 25.8. The van der Waals surface area contributed by atoms with Gasteiger partial charge in [-0.2, -0.15) is 0 Å². The molecule has 0 atom stereocenters. The van der Waals surface area contributed by atoms with Crippen molar-refractivity contribution in [3.8, 4) is 0 Å². The maximum absolute atomic E-state index is 13.0. The van der Waals surface area contributed by atoms with E-state index in [0.717, 1.165) is 23.3 Å². The number of anilines is 2. The Hall–Kier alpha value is -2.76. The highest BCUT2D eigenvalue weighted by Crippen LogP contribution is 2.15. The third-order valence-electron chi connectivity index (χ3n) is 3.32. The molecule has 0 heterocycles. The van der Waals surface area contributed by atoms with Gasteiger partial charge in [0, 0.05) is 17.4 Å². The molecular weight excluding hydrogens is 302 g/mol. The summed E-state index contributed by atoms with van der Waals surface area (Å²) in [6.45, 7) is 3.87. The van der Waals surface area contributed by atoms with Crippen molar-refractivity contribution in [3.05, 3.63) is 59.2 Å². The van der Waals surface area contributed by atoms with E-state index >= 15 is 0 Å².